The second-order valence-corrected chi connectivity index (χ2v) is 5.29. The highest BCUT2D eigenvalue weighted by atomic mass is 33.1. The van der Waals surface area contributed by atoms with Crippen molar-refractivity contribution in [3.05, 3.63) is 30.3 Å². The summed E-state index contributed by atoms with van der Waals surface area (Å²) in [6.07, 6.45) is 0. The van der Waals surface area contributed by atoms with Gasteiger partial charge in [0.2, 0.25) is 0 Å². The molecule has 1 rings (SSSR count). The van der Waals surface area contributed by atoms with E-state index in [-0.39, 0.29) is 0 Å². The minimum absolute atomic E-state index is 0.509. The Morgan fingerprint density at radius 3 is 2.64 bits per heavy atom. The fourth-order valence-corrected chi connectivity index (χ4v) is 2.12. The highest BCUT2D eigenvalue weighted by molar-refractivity contribution is 8.71. The van der Waals surface area contributed by atoms with Gasteiger partial charge in [0.05, 0.1) is 0 Å². The van der Waals surface area contributed by atoms with Gasteiger partial charge in [0.1, 0.15) is 0 Å². The van der Waals surface area contributed by atoms with Crippen molar-refractivity contribution >= 4 is 19.8 Å². The molecule has 59 valence electrons. The summed E-state index contributed by atoms with van der Waals surface area (Å²) in [6.45, 7) is 0. The van der Waals surface area contributed by atoms with Crippen LogP contribution < -0.4 is 5.14 Å². The molecule has 3 nitrogen and oxygen atoms in total. The number of benzene rings is 1. The molecule has 0 spiro atoms. The monoisotopic (exact) mass is 188 g/mol. The van der Waals surface area contributed by atoms with Crippen LogP contribution in [0.4, 0.5) is 0 Å². The summed E-state index contributed by atoms with van der Waals surface area (Å²) in [5.41, 5.74) is 0. The van der Waals surface area contributed by atoms with Gasteiger partial charge in [-0.2, -0.15) is 0 Å². The van der Waals surface area contributed by atoms with Gasteiger partial charge in [0, 0.05) is 15.7 Å². The fourth-order valence-electron chi connectivity index (χ4n) is 0.554. The van der Waals surface area contributed by atoms with E-state index in [9.17, 15) is 8.42 Å². The maximum Gasteiger partial charge on any atom is 0.266 e. The number of nitrogens with two attached hydrogens (primary N) is 1. The molecule has 0 unspecified atom stereocenters. The van der Waals surface area contributed by atoms with E-state index in [4.69, 9.17) is 5.14 Å². The SMILES string of the molecule is NS(=O)(=O)Sc1[c]cccc1. The molecule has 1 aromatic carbocycles. The summed E-state index contributed by atoms with van der Waals surface area (Å²) < 4.78 is 21.0. The van der Waals surface area contributed by atoms with Gasteiger partial charge in [-0.15, -0.1) is 0 Å². The Hall–Kier alpha value is -0.520. The lowest BCUT2D eigenvalue weighted by atomic mass is 10.4. The highest BCUT2D eigenvalue weighted by Gasteiger charge is 2.04. The molecule has 11 heavy (non-hydrogen) atoms. The van der Waals surface area contributed by atoms with Crippen molar-refractivity contribution < 1.29 is 8.42 Å². The maximum absolute atomic E-state index is 10.5. The Kier molecular flexibility index (Phi) is 2.53. The van der Waals surface area contributed by atoms with E-state index in [1.165, 1.54) is 0 Å². The van der Waals surface area contributed by atoms with Crippen molar-refractivity contribution in [2.24, 2.45) is 5.14 Å². The Labute approximate surface area is 69.1 Å². The molecule has 0 saturated heterocycles. The molecule has 0 saturated carbocycles. The quantitative estimate of drug-likeness (QED) is 0.698. The predicted octanol–water partition coefficient (Wildman–Crippen LogP) is 0.782. The standard InChI is InChI=1S/C6H6NO2S2/c7-11(8,9)10-6-4-2-1-3-5-6/h1-4H,(H2,7,8,9). The summed E-state index contributed by atoms with van der Waals surface area (Å²) in [5, 5.41) is 4.78. The second-order valence-electron chi connectivity index (χ2n) is 1.80. The van der Waals surface area contributed by atoms with E-state index < -0.39 is 9.06 Å². The second kappa shape index (κ2) is 3.25. The van der Waals surface area contributed by atoms with Crippen LogP contribution in [0.25, 0.3) is 0 Å². The van der Waals surface area contributed by atoms with Gasteiger partial charge in [-0.3, -0.25) is 0 Å². The predicted molar refractivity (Wildman–Crippen MR) is 44.2 cm³/mol. The van der Waals surface area contributed by atoms with Crippen LogP contribution >= 0.6 is 10.8 Å². The Morgan fingerprint density at radius 2 is 2.18 bits per heavy atom. The zero-order valence-electron chi connectivity index (χ0n) is 5.52. The van der Waals surface area contributed by atoms with E-state index >= 15 is 0 Å². The normalized spacial score (nSPS) is 11.4. The fraction of sp³-hybridized carbons (Fsp3) is 0. The lowest BCUT2D eigenvalue weighted by molar-refractivity contribution is 0.612. The van der Waals surface area contributed by atoms with Crippen molar-refractivity contribution in [1.29, 1.82) is 0 Å². The van der Waals surface area contributed by atoms with Crippen LogP contribution in [0.1, 0.15) is 0 Å². The summed E-state index contributed by atoms with van der Waals surface area (Å²) in [5.74, 6) is 0. The molecule has 0 bridgehead atoms. The lowest BCUT2D eigenvalue weighted by Gasteiger charge is -1.94. The zero-order valence-corrected chi connectivity index (χ0v) is 7.15. The van der Waals surface area contributed by atoms with E-state index in [1.807, 2.05) is 0 Å². The lowest BCUT2D eigenvalue weighted by Crippen LogP contribution is -2.05. The molecule has 0 aromatic heterocycles. The number of hydrogen-bond acceptors (Lipinski definition) is 3. The molecule has 0 heterocycles. The third kappa shape index (κ3) is 3.41. The molecule has 0 aliphatic rings. The van der Waals surface area contributed by atoms with Crippen LogP contribution in [-0.4, -0.2) is 8.42 Å². The Morgan fingerprint density at radius 1 is 1.45 bits per heavy atom. The maximum atomic E-state index is 10.5. The third-order valence-corrected chi connectivity index (χ3v) is 2.79. The summed E-state index contributed by atoms with van der Waals surface area (Å²) in [6, 6.07) is 9.48. The van der Waals surface area contributed by atoms with Crippen molar-refractivity contribution in [3.63, 3.8) is 0 Å². The molecule has 5 heteroatoms. The molecule has 1 radical (unpaired) electrons. The molecule has 0 aliphatic heterocycles. The van der Waals surface area contributed by atoms with Crippen molar-refractivity contribution in [3.8, 4) is 0 Å². The first kappa shape index (κ1) is 8.58. The van der Waals surface area contributed by atoms with Gasteiger partial charge in [-0.25, -0.2) is 13.6 Å². The molecule has 0 atom stereocenters. The van der Waals surface area contributed by atoms with E-state index in [2.05, 4.69) is 6.07 Å². The highest BCUT2D eigenvalue weighted by Crippen LogP contribution is 2.19. The van der Waals surface area contributed by atoms with Crippen molar-refractivity contribution in [1.82, 2.24) is 0 Å². The van der Waals surface area contributed by atoms with E-state index in [0.717, 1.165) is 0 Å². The number of hydrogen-bond donors (Lipinski definition) is 1. The summed E-state index contributed by atoms with van der Waals surface area (Å²) in [4.78, 5) is 0.509. The van der Waals surface area contributed by atoms with Crippen LogP contribution in [0.15, 0.2) is 29.2 Å². The van der Waals surface area contributed by atoms with Crippen LogP contribution in [0, 0.1) is 6.07 Å². The van der Waals surface area contributed by atoms with Gasteiger partial charge in [-0.1, -0.05) is 18.2 Å². The van der Waals surface area contributed by atoms with Crippen LogP contribution in [-0.2, 0) is 9.06 Å². The van der Waals surface area contributed by atoms with E-state index in [1.54, 1.807) is 24.3 Å². The summed E-state index contributed by atoms with van der Waals surface area (Å²) >= 11 is 0. The first-order chi connectivity index (χ1) is 5.08. The minimum atomic E-state index is -3.49. The van der Waals surface area contributed by atoms with Gasteiger partial charge in [0.15, 0.2) is 0 Å². The first-order valence-corrected chi connectivity index (χ1v) is 5.65. The molecular weight excluding hydrogens is 182 g/mol. The third-order valence-electron chi connectivity index (χ3n) is 0.886. The zero-order chi connectivity index (χ0) is 8.32. The van der Waals surface area contributed by atoms with Crippen molar-refractivity contribution in [2.75, 3.05) is 0 Å². The minimum Gasteiger partial charge on any atom is -0.219 e. The Balaban J connectivity index is 2.82. The average molecular weight is 188 g/mol. The van der Waals surface area contributed by atoms with Gasteiger partial charge in [0.25, 0.3) is 9.06 Å². The largest absolute Gasteiger partial charge is 0.266 e. The van der Waals surface area contributed by atoms with Crippen LogP contribution in [0.3, 0.4) is 0 Å². The molecule has 2 N–H and O–H groups in total. The Bertz CT molecular complexity index is 320. The first-order valence-electron chi connectivity index (χ1n) is 2.77. The average Bonchev–Trinajstić information content (AvgIpc) is 1.85. The van der Waals surface area contributed by atoms with Gasteiger partial charge >= 0.3 is 0 Å². The summed E-state index contributed by atoms with van der Waals surface area (Å²) in [7, 11) is -2.90. The molecule has 0 aliphatic carbocycles. The topological polar surface area (TPSA) is 60.2 Å². The van der Waals surface area contributed by atoms with Gasteiger partial charge in [-0.05, 0) is 12.1 Å². The smallest absolute Gasteiger partial charge is 0.219 e. The molecule has 1 aromatic rings. The van der Waals surface area contributed by atoms with E-state index in [0.29, 0.717) is 15.7 Å². The van der Waals surface area contributed by atoms with Crippen LogP contribution in [0.5, 0.6) is 0 Å². The molecule has 0 fully saturated rings. The van der Waals surface area contributed by atoms with Crippen molar-refractivity contribution in [2.45, 2.75) is 4.90 Å². The number of rotatable bonds is 2. The molecule has 0 amide bonds. The van der Waals surface area contributed by atoms with Gasteiger partial charge < -0.3 is 0 Å². The molecular formula is C6H6NO2S2. The van der Waals surface area contributed by atoms with Crippen LogP contribution in [0.2, 0.25) is 0 Å².